The number of carbonyl (C=O) groups excluding carboxylic acids is 2. The number of aromatic nitrogens is 1. The number of fused-ring (bicyclic) bond motifs is 1. The van der Waals surface area contributed by atoms with Crippen molar-refractivity contribution in [1.82, 2.24) is 14.4 Å². The van der Waals surface area contributed by atoms with Crippen molar-refractivity contribution >= 4 is 46.2 Å². The molecule has 0 atom stereocenters. The lowest BCUT2D eigenvalue weighted by Crippen LogP contribution is -2.26. The molecular formula is C17H17N3O3S. The average molecular weight is 343 g/mol. The SMILES string of the molecule is COC(=O)Cn1cc(/C=C2/C(=O)N(C)C(=S)N2C)c2ccccc21. The van der Waals surface area contributed by atoms with Gasteiger partial charge in [-0.3, -0.25) is 14.5 Å². The van der Waals surface area contributed by atoms with Gasteiger partial charge in [-0.2, -0.15) is 0 Å². The minimum atomic E-state index is -0.329. The predicted molar refractivity (Wildman–Crippen MR) is 95.1 cm³/mol. The highest BCUT2D eigenvalue weighted by atomic mass is 32.1. The predicted octanol–water partition coefficient (Wildman–Crippen LogP) is 1.84. The van der Waals surface area contributed by atoms with Crippen molar-refractivity contribution < 1.29 is 14.3 Å². The molecule has 6 nitrogen and oxygen atoms in total. The number of esters is 1. The largest absolute Gasteiger partial charge is 0.468 e. The zero-order chi connectivity index (χ0) is 17.4. The number of amides is 1. The summed E-state index contributed by atoms with van der Waals surface area (Å²) < 4.78 is 6.56. The number of thiocarbonyl (C=S) groups is 1. The lowest BCUT2D eigenvalue weighted by Gasteiger charge is -2.10. The third kappa shape index (κ3) is 2.56. The molecule has 0 unspecified atom stereocenters. The fourth-order valence-corrected chi connectivity index (χ4v) is 2.94. The molecule has 0 spiro atoms. The van der Waals surface area contributed by atoms with Crippen LogP contribution in [0.25, 0.3) is 17.0 Å². The summed E-state index contributed by atoms with van der Waals surface area (Å²) in [5, 5.41) is 1.42. The van der Waals surface area contributed by atoms with E-state index in [1.807, 2.05) is 35.0 Å². The molecule has 1 saturated heterocycles. The molecular weight excluding hydrogens is 326 g/mol. The van der Waals surface area contributed by atoms with Gasteiger partial charge in [-0.15, -0.1) is 0 Å². The van der Waals surface area contributed by atoms with Crippen LogP contribution >= 0.6 is 12.2 Å². The molecule has 1 aromatic carbocycles. The van der Waals surface area contributed by atoms with Crippen LogP contribution in [0.4, 0.5) is 0 Å². The molecule has 0 saturated carbocycles. The summed E-state index contributed by atoms with van der Waals surface area (Å²) in [6, 6.07) is 7.71. The Balaban J connectivity index is 2.10. The smallest absolute Gasteiger partial charge is 0.325 e. The molecule has 1 aliphatic heterocycles. The topological polar surface area (TPSA) is 54.8 Å². The molecule has 2 heterocycles. The van der Waals surface area contributed by atoms with Gasteiger partial charge in [0.05, 0.1) is 7.11 Å². The Morgan fingerprint density at radius 3 is 2.58 bits per heavy atom. The van der Waals surface area contributed by atoms with E-state index in [0.717, 1.165) is 16.5 Å². The second-order valence-electron chi connectivity index (χ2n) is 5.54. The van der Waals surface area contributed by atoms with Crippen LogP contribution < -0.4 is 0 Å². The van der Waals surface area contributed by atoms with E-state index in [9.17, 15) is 9.59 Å². The first-order chi connectivity index (χ1) is 11.4. The average Bonchev–Trinajstić information content (AvgIpc) is 3.02. The Bertz CT molecular complexity index is 884. The number of carbonyl (C=O) groups is 2. The Morgan fingerprint density at radius 1 is 1.25 bits per heavy atom. The number of benzene rings is 1. The molecule has 7 heteroatoms. The van der Waals surface area contributed by atoms with Crippen molar-refractivity contribution in [2.75, 3.05) is 21.2 Å². The molecule has 2 aromatic rings. The molecule has 0 aliphatic carbocycles. The summed E-state index contributed by atoms with van der Waals surface area (Å²) in [5.74, 6) is -0.475. The van der Waals surface area contributed by atoms with E-state index in [1.165, 1.54) is 12.0 Å². The molecule has 0 bridgehead atoms. The molecule has 3 rings (SSSR count). The summed E-state index contributed by atoms with van der Waals surface area (Å²) >= 11 is 5.23. The van der Waals surface area contributed by atoms with E-state index in [-0.39, 0.29) is 18.4 Å². The molecule has 1 aliphatic rings. The Morgan fingerprint density at radius 2 is 1.96 bits per heavy atom. The third-order valence-electron chi connectivity index (χ3n) is 4.10. The first kappa shape index (κ1) is 16.2. The summed E-state index contributed by atoms with van der Waals surface area (Å²) in [7, 11) is 4.78. The van der Waals surface area contributed by atoms with Crippen LogP contribution in [0.3, 0.4) is 0 Å². The van der Waals surface area contributed by atoms with Crippen LogP contribution in [0.2, 0.25) is 0 Å². The molecule has 1 amide bonds. The van der Waals surface area contributed by atoms with Crippen LogP contribution in [-0.2, 0) is 20.9 Å². The summed E-state index contributed by atoms with van der Waals surface area (Å²) in [5.41, 5.74) is 2.25. The van der Waals surface area contributed by atoms with Crippen molar-refractivity contribution in [3.05, 3.63) is 41.7 Å². The third-order valence-corrected chi connectivity index (χ3v) is 4.65. The first-order valence-corrected chi connectivity index (χ1v) is 7.77. The van der Waals surface area contributed by atoms with Crippen molar-refractivity contribution in [2.24, 2.45) is 0 Å². The van der Waals surface area contributed by atoms with Gasteiger partial charge in [0.1, 0.15) is 12.2 Å². The van der Waals surface area contributed by atoms with E-state index >= 15 is 0 Å². The molecule has 1 fully saturated rings. The number of hydrogen-bond acceptors (Lipinski definition) is 4. The standard InChI is InChI=1S/C17H17N3O3S/c1-18-14(16(22)19(2)17(18)24)8-11-9-20(10-15(21)23-3)13-7-5-4-6-12(11)13/h4-9H,10H2,1-3H3/b14-8-. The highest BCUT2D eigenvalue weighted by Gasteiger charge is 2.32. The maximum atomic E-state index is 12.3. The van der Waals surface area contributed by atoms with E-state index in [1.54, 1.807) is 25.1 Å². The highest BCUT2D eigenvalue weighted by molar-refractivity contribution is 7.80. The number of likely N-dealkylation sites (N-methyl/N-ethyl adjacent to an activating group) is 2. The van der Waals surface area contributed by atoms with Gasteiger partial charge in [0.15, 0.2) is 5.11 Å². The number of methoxy groups -OCH3 is 1. The number of ether oxygens (including phenoxy) is 1. The number of hydrogen-bond donors (Lipinski definition) is 0. The van der Waals surface area contributed by atoms with Crippen molar-refractivity contribution in [1.29, 1.82) is 0 Å². The van der Waals surface area contributed by atoms with E-state index < -0.39 is 0 Å². The van der Waals surface area contributed by atoms with Crippen molar-refractivity contribution in [3.63, 3.8) is 0 Å². The van der Waals surface area contributed by atoms with Crippen LogP contribution in [-0.4, -0.2) is 52.6 Å². The minimum absolute atomic E-state index is 0.113. The maximum absolute atomic E-state index is 12.3. The van der Waals surface area contributed by atoms with Gasteiger partial charge in [-0.1, -0.05) is 18.2 Å². The van der Waals surface area contributed by atoms with Gasteiger partial charge >= 0.3 is 5.97 Å². The van der Waals surface area contributed by atoms with Crippen molar-refractivity contribution in [2.45, 2.75) is 6.54 Å². The van der Waals surface area contributed by atoms with Crippen LogP contribution in [0.5, 0.6) is 0 Å². The fraction of sp³-hybridized carbons (Fsp3) is 0.235. The zero-order valence-corrected chi connectivity index (χ0v) is 14.5. The van der Waals surface area contributed by atoms with Crippen LogP contribution in [0, 0.1) is 0 Å². The normalized spacial score (nSPS) is 16.5. The van der Waals surface area contributed by atoms with Crippen LogP contribution in [0.1, 0.15) is 5.56 Å². The second-order valence-corrected chi connectivity index (χ2v) is 5.91. The van der Waals surface area contributed by atoms with Gasteiger partial charge in [-0.05, 0) is 24.4 Å². The van der Waals surface area contributed by atoms with Gasteiger partial charge in [0.2, 0.25) is 0 Å². The molecule has 0 N–H and O–H groups in total. The lowest BCUT2D eigenvalue weighted by atomic mass is 10.1. The van der Waals surface area contributed by atoms with Crippen molar-refractivity contribution in [3.8, 4) is 0 Å². The lowest BCUT2D eigenvalue weighted by molar-refractivity contribution is -0.141. The molecule has 0 radical (unpaired) electrons. The van der Waals surface area contributed by atoms with Crippen LogP contribution in [0.15, 0.2) is 36.2 Å². The Kier molecular flexibility index (Phi) is 4.11. The quantitative estimate of drug-likeness (QED) is 0.484. The van der Waals surface area contributed by atoms with Gasteiger partial charge < -0.3 is 14.2 Å². The van der Waals surface area contributed by atoms with Gasteiger partial charge in [-0.25, -0.2) is 0 Å². The minimum Gasteiger partial charge on any atom is -0.468 e. The summed E-state index contributed by atoms with van der Waals surface area (Å²) in [6.07, 6.45) is 3.64. The molecule has 24 heavy (non-hydrogen) atoms. The second kappa shape index (κ2) is 6.09. The van der Waals surface area contributed by atoms with Gasteiger partial charge in [0, 0.05) is 36.8 Å². The summed E-state index contributed by atoms with van der Waals surface area (Å²) in [4.78, 5) is 27.1. The highest BCUT2D eigenvalue weighted by Crippen LogP contribution is 2.27. The maximum Gasteiger partial charge on any atom is 0.325 e. The van der Waals surface area contributed by atoms with Gasteiger partial charge in [0.25, 0.3) is 5.91 Å². The van der Waals surface area contributed by atoms with E-state index in [4.69, 9.17) is 17.0 Å². The Labute approximate surface area is 144 Å². The van der Waals surface area contributed by atoms with E-state index in [2.05, 4.69) is 0 Å². The monoisotopic (exact) mass is 343 g/mol. The number of nitrogens with zero attached hydrogens (tertiary/aromatic N) is 3. The Hall–Kier alpha value is -2.67. The number of para-hydroxylation sites is 1. The molecule has 1 aromatic heterocycles. The van der Waals surface area contributed by atoms with E-state index in [0.29, 0.717) is 10.8 Å². The fourth-order valence-electron chi connectivity index (χ4n) is 2.76. The summed E-state index contributed by atoms with van der Waals surface area (Å²) in [6.45, 7) is 0.113. The number of rotatable bonds is 3. The zero-order valence-electron chi connectivity index (χ0n) is 13.6. The molecule has 124 valence electrons. The first-order valence-electron chi connectivity index (χ1n) is 7.36.